The Kier molecular flexibility index (Phi) is 8.62. The molecule has 2 aromatic rings. The minimum atomic E-state index is -3.41. The summed E-state index contributed by atoms with van der Waals surface area (Å²) in [7, 11) is -3.41. The van der Waals surface area contributed by atoms with E-state index in [0.29, 0.717) is 37.3 Å². The molecule has 13 heteroatoms. The predicted molar refractivity (Wildman–Crippen MR) is 134 cm³/mol. The number of fused-ring (bicyclic) bond motifs is 2. The molecule has 2 atom stereocenters. The van der Waals surface area contributed by atoms with Crippen molar-refractivity contribution in [3.05, 3.63) is 43.1 Å². The van der Waals surface area contributed by atoms with Crippen LogP contribution in [0.5, 0.6) is 0 Å². The van der Waals surface area contributed by atoms with Crippen molar-refractivity contribution in [2.75, 3.05) is 32.6 Å². The van der Waals surface area contributed by atoms with Crippen LogP contribution in [0.1, 0.15) is 45.9 Å². The number of aliphatic hydroxyl groups excluding tert-OH is 1. The summed E-state index contributed by atoms with van der Waals surface area (Å²) < 4.78 is 32.3. The summed E-state index contributed by atoms with van der Waals surface area (Å²) in [5.41, 5.74) is 1.30. The number of carbonyl (C=O) groups excluding carboxylic acids is 2. The Morgan fingerprint density at radius 2 is 1.47 bits per heavy atom. The Hall–Kier alpha value is -1.17. The highest BCUT2D eigenvalue weighted by Crippen LogP contribution is 2.23. The van der Waals surface area contributed by atoms with Crippen LogP contribution < -0.4 is 10.6 Å². The van der Waals surface area contributed by atoms with Crippen LogP contribution in [0.25, 0.3) is 0 Å². The fraction of sp³-hybridized carbons (Fsp3) is 0.474. The maximum absolute atomic E-state index is 11.6. The first kappa shape index (κ1) is 25.5. The normalized spacial score (nSPS) is 19.9. The fourth-order valence-electron chi connectivity index (χ4n) is 3.63. The second-order valence-corrected chi connectivity index (χ2v) is 11.6. The molecule has 2 unspecified atom stereocenters. The number of carbonyl (C=O) groups is 2. The van der Waals surface area contributed by atoms with Gasteiger partial charge in [0.05, 0.1) is 24.9 Å². The highest BCUT2D eigenvalue weighted by molar-refractivity contribution is 14.1. The van der Waals surface area contributed by atoms with Crippen molar-refractivity contribution in [3.63, 3.8) is 0 Å². The van der Waals surface area contributed by atoms with Crippen LogP contribution >= 0.6 is 45.2 Å². The molecule has 2 aliphatic rings. The molecule has 4 rings (SSSR count). The van der Waals surface area contributed by atoms with Crippen molar-refractivity contribution in [1.29, 1.82) is 0 Å². The molecule has 2 amide bonds. The zero-order valence-corrected chi connectivity index (χ0v) is 22.4. The van der Waals surface area contributed by atoms with Gasteiger partial charge < -0.3 is 24.9 Å². The molecule has 176 valence electrons. The monoisotopic (exact) mass is 690 g/mol. The number of nitrogens with zero attached hydrogens (tertiary/aromatic N) is 2. The number of halogens is 2. The van der Waals surface area contributed by atoms with Crippen LogP contribution in [0.15, 0.2) is 24.5 Å². The molecular weight excluding hydrogens is 666 g/mol. The molecule has 3 N–H and O–H groups in total. The van der Waals surface area contributed by atoms with Crippen molar-refractivity contribution in [1.82, 2.24) is 19.8 Å². The highest BCUT2D eigenvalue weighted by Gasteiger charge is 2.26. The number of hydrogen-bond donors (Lipinski definition) is 3. The van der Waals surface area contributed by atoms with Gasteiger partial charge in [0.25, 0.3) is 21.9 Å². The first-order valence-electron chi connectivity index (χ1n) is 9.85. The Balaban J connectivity index is 0.000000186. The first-order chi connectivity index (χ1) is 15.1. The standard InChI is InChI=1S/C10H13IN2O4S.C9H11IN2O2/c1-18(15,16)17-3-2-8-5-12-10(14)9-4-7(11)6-13(8)9;10-6-3-8-9(14)11-4-7(1-2-13)12(8)5-6/h4,6,8H,2-3,5H2,1H3,(H,12,14);3,5,7,13H,1-2,4H2,(H,11,14). The summed E-state index contributed by atoms with van der Waals surface area (Å²) in [6, 6.07) is 3.89. The molecule has 0 saturated carbocycles. The second kappa shape index (κ2) is 10.8. The number of rotatable bonds is 6. The molecular formula is C19H24I2N4O6S. The summed E-state index contributed by atoms with van der Waals surface area (Å²) in [5.74, 6) is -0.125. The van der Waals surface area contributed by atoms with E-state index in [4.69, 9.17) is 9.29 Å². The zero-order chi connectivity index (χ0) is 23.5. The summed E-state index contributed by atoms with van der Waals surface area (Å²) in [6.07, 6.45) is 6.08. The first-order valence-corrected chi connectivity index (χ1v) is 13.8. The second-order valence-electron chi connectivity index (χ2n) is 7.46. The Morgan fingerprint density at radius 1 is 1.00 bits per heavy atom. The lowest BCUT2D eigenvalue weighted by atomic mass is 10.1. The molecule has 0 radical (unpaired) electrons. The predicted octanol–water partition coefficient (Wildman–Crippen LogP) is 1.50. The maximum atomic E-state index is 11.6. The van der Waals surface area contributed by atoms with Crippen LogP contribution in [-0.4, -0.2) is 67.0 Å². The minimum absolute atomic E-state index is 0.0258. The van der Waals surface area contributed by atoms with Gasteiger partial charge in [-0.15, -0.1) is 0 Å². The Bertz CT molecular complexity index is 1100. The number of nitrogens with one attached hydrogen (secondary N) is 2. The summed E-state index contributed by atoms with van der Waals surface area (Å²) >= 11 is 4.33. The van der Waals surface area contributed by atoms with Crippen LogP contribution in [0.3, 0.4) is 0 Å². The smallest absolute Gasteiger partial charge is 0.268 e. The van der Waals surface area contributed by atoms with Crippen molar-refractivity contribution in [2.45, 2.75) is 24.9 Å². The van der Waals surface area contributed by atoms with Gasteiger partial charge in [-0.2, -0.15) is 8.42 Å². The van der Waals surface area contributed by atoms with Gasteiger partial charge in [0.1, 0.15) is 11.4 Å². The summed E-state index contributed by atoms with van der Waals surface area (Å²) in [6.45, 7) is 1.36. The van der Waals surface area contributed by atoms with Gasteiger partial charge in [-0.05, 0) is 70.2 Å². The third-order valence-electron chi connectivity index (χ3n) is 5.09. The molecule has 0 fully saturated rings. The van der Waals surface area contributed by atoms with E-state index in [0.717, 1.165) is 13.4 Å². The molecule has 10 nitrogen and oxygen atoms in total. The molecule has 0 bridgehead atoms. The van der Waals surface area contributed by atoms with E-state index in [1.54, 1.807) is 6.07 Å². The van der Waals surface area contributed by atoms with Crippen molar-refractivity contribution in [2.24, 2.45) is 0 Å². The van der Waals surface area contributed by atoms with Crippen LogP contribution in [-0.2, 0) is 14.3 Å². The lowest BCUT2D eigenvalue weighted by Crippen LogP contribution is -2.38. The van der Waals surface area contributed by atoms with Crippen molar-refractivity contribution >= 4 is 67.1 Å². The number of hydrogen-bond acceptors (Lipinski definition) is 6. The lowest BCUT2D eigenvalue weighted by Gasteiger charge is -2.26. The van der Waals surface area contributed by atoms with Crippen LogP contribution in [0.2, 0.25) is 0 Å². The third kappa shape index (κ3) is 6.45. The quantitative estimate of drug-likeness (QED) is 0.312. The molecule has 0 aliphatic carbocycles. The van der Waals surface area contributed by atoms with E-state index in [9.17, 15) is 18.0 Å². The third-order valence-corrected chi connectivity index (χ3v) is 6.86. The highest BCUT2D eigenvalue weighted by atomic mass is 127. The van der Waals surface area contributed by atoms with Crippen LogP contribution in [0.4, 0.5) is 0 Å². The average molecular weight is 690 g/mol. The SMILES string of the molecule is CS(=O)(=O)OCCC1CNC(=O)c2cc(I)cn21.O=C1NCC(CCO)n2cc(I)cc21. The van der Waals surface area contributed by atoms with E-state index < -0.39 is 10.1 Å². The fourth-order valence-corrected chi connectivity index (χ4v) is 5.21. The molecule has 32 heavy (non-hydrogen) atoms. The summed E-state index contributed by atoms with van der Waals surface area (Å²) in [4.78, 5) is 23.1. The van der Waals surface area contributed by atoms with Gasteiger partial charge in [0.15, 0.2) is 0 Å². The molecule has 0 spiro atoms. The van der Waals surface area contributed by atoms with Gasteiger partial charge in [0.2, 0.25) is 0 Å². The minimum Gasteiger partial charge on any atom is -0.396 e. The molecule has 4 heterocycles. The molecule has 2 aromatic heterocycles. The number of aromatic nitrogens is 2. The Labute approximate surface area is 213 Å². The van der Waals surface area contributed by atoms with Crippen molar-refractivity contribution < 1.29 is 27.3 Å². The molecule has 0 aromatic carbocycles. The number of aliphatic hydroxyl groups is 1. The van der Waals surface area contributed by atoms with Gasteiger partial charge in [-0.1, -0.05) is 0 Å². The topological polar surface area (TPSA) is 132 Å². The van der Waals surface area contributed by atoms with Gasteiger partial charge in [-0.3, -0.25) is 13.8 Å². The zero-order valence-electron chi connectivity index (χ0n) is 17.3. The largest absolute Gasteiger partial charge is 0.396 e. The van der Waals surface area contributed by atoms with Gasteiger partial charge in [0, 0.05) is 39.2 Å². The van der Waals surface area contributed by atoms with E-state index in [2.05, 4.69) is 55.8 Å². The lowest BCUT2D eigenvalue weighted by molar-refractivity contribution is 0.0901. The summed E-state index contributed by atoms with van der Waals surface area (Å²) in [5, 5.41) is 14.5. The van der Waals surface area contributed by atoms with Crippen LogP contribution in [0, 0.1) is 7.14 Å². The van der Waals surface area contributed by atoms with Crippen molar-refractivity contribution in [3.8, 4) is 0 Å². The molecule has 0 saturated heterocycles. The van der Waals surface area contributed by atoms with E-state index in [-0.39, 0.29) is 37.1 Å². The number of amides is 2. The van der Waals surface area contributed by atoms with Gasteiger partial charge in [-0.25, -0.2) is 0 Å². The van der Waals surface area contributed by atoms with Gasteiger partial charge >= 0.3 is 0 Å². The Morgan fingerprint density at radius 3 is 1.91 bits per heavy atom. The average Bonchev–Trinajstić information content (AvgIpc) is 3.29. The maximum Gasteiger partial charge on any atom is 0.268 e. The van der Waals surface area contributed by atoms with E-state index in [1.807, 2.05) is 27.6 Å². The van der Waals surface area contributed by atoms with E-state index in [1.165, 1.54) is 0 Å². The van der Waals surface area contributed by atoms with E-state index >= 15 is 0 Å². The molecule has 2 aliphatic heterocycles.